The first kappa shape index (κ1) is 30.6. The number of nitrogens with one attached hydrogen (secondary N) is 2. The van der Waals surface area contributed by atoms with E-state index in [9.17, 15) is 27.6 Å². The van der Waals surface area contributed by atoms with Gasteiger partial charge in [0.25, 0.3) is 5.91 Å². The van der Waals surface area contributed by atoms with Gasteiger partial charge in [-0.15, -0.1) is 21.5 Å². The summed E-state index contributed by atoms with van der Waals surface area (Å²) in [5, 5.41) is 13.7. The Bertz CT molecular complexity index is 1440. The lowest BCUT2D eigenvalue weighted by atomic mass is 10.1. The number of amides is 2. The third kappa shape index (κ3) is 7.10. The number of thioether (sulfide) groups is 1. The van der Waals surface area contributed by atoms with Gasteiger partial charge in [-0.05, 0) is 57.2 Å². The summed E-state index contributed by atoms with van der Waals surface area (Å²) in [7, 11) is 1.63. The van der Waals surface area contributed by atoms with Crippen molar-refractivity contribution < 1.29 is 32.3 Å². The van der Waals surface area contributed by atoms with Crippen LogP contribution in [0.4, 0.5) is 18.2 Å². The molecule has 1 unspecified atom stereocenters. The number of nitrogens with zero attached hydrogens (tertiary/aromatic N) is 3. The smallest absolute Gasteiger partial charge is 0.417 e. The molecule has 0 saturated carbocycles. The molecule has 0 fully saturated rings. The lowest BCUT2D eigenvalue weighted by molar-refractivity contribution is -0.138. The van der Waals surface area contributed by atoms with Gasteiger partial charge in [0, 0.05) is 11.9 Å². The second-order valence-electron chi connectivity index (χ2n) is 9.42. The van der Waals surface area contributed by atoms with Gasteiger partial charge in [-0.3, -0.25) is 9.59 Å². The van der Waals surface area contributed by atoms with Crippen molar-refractivity contribution in [3.63, 3.8) is 0 Å². The molecule has 1 aliphatic rings. The van der Waals surface area contributed by atoms with Gasteiger partial charge in [-0.25, -0.2) is 4.79 Å². The molecule has 14 heteroatoms. The van der Waals surface area contributed by atoms with E-state index in [2.05, 4.69) is 20.8 Å². The van der Waals surface area contributed by atoms with Crippen LogP contribution in [-0.4, -0.2) is 44.4 Å². The number of hydrogen-bond donors (Lipinski definition) is 2. The maximum atomic E-state index is 13.3. The highest BCUT2D eigenvalue weighted by atomic mass is 32.2. The maximum Gasteiger partial charge on any atom is 0.417 e. The summed E-state index contributed by atoms with van der Waals surface area (Å²) in [6.07, 6.45) is 0.0346. The molecular weight excluding hydrogens is 579 g/mol. The Morgan fingerprint density at radius 2 is 1.88 bits per heavy atom. The zero-order valence-corrected chi connectivity index (χ0v) is 24.4. The van der Waals surface area contributed by atoms with Crippen LogP contribution in [0.5, 0.6) is 0 Å². The molecule has 0 saturated heterocycles. The molecular formula is C27H30F3N5O4S2. The number of carbonyl (C=O) groups is 3. The van der Waals surface area contributed by atoms with Crippen LogP contribution in [0.2, 0.25) is 0 Å². The fourth-order valence-electron chi connectivity index (χ4n) is 4.46. The quantitative estimate of drug-likeness (QED) is 0.190. The summed E-state index contributed by atoms with van der Waals surface area (Å²) >= 11 is 2.53. The highest BCUT2D eigenvalue weighted by molar-refractivity contribution is 8.00. The van der Waals surface area contributed by atoms with Crippen LogP contribution in [0.1, 0.15) is 75.7 Å². The molecule has 1 atom stereocenters. The minimum Gasteiger partial charge on any atom is -0.462 e. The van der Waals surface area contributed by atoms with Gasteiger partial charge in [0.05, 0.1) is 35.1 Å². The average Bonchev–Trinajstić information content (AvgIpc) is 3.35. The van der Waals surface area contributed by atoms with E-state index in [1.165, 1.54) is 23.5 Å². The Morgan fingerprint density at radius 3 is 2.61 bits per heavy atom. The molecule has 1 aromatic carbocycles. The molecule has 1 aliphatic carbocycles. The number of thiophene rings is 1. The minimum absolute atomic E-state index is 0.167. The predicted octanol–water partition coefficient (Wildman–Crippen LogP) is 5.39. The Hall–Kier alpha value is -3.39. The predicted molar refractivity (Wildman–Crippen MR) is 149 cm³/mol. The Labute approximate surface area is 243 Å². The summed E-state index contributed by atoms with van der Waals surface area (Å²) in [6.45, 7) is 3.49. The first-order valence-electron chi connectivity index (χ1n) is 13.1. The molecule has 3 aromatic rings. The summed E-state index contributed by atoms with van der Waals surface area (Å²) in [6, 6.07) is 4.53. The number of fused-ring (bicyclic) bond motifs is 1. The molecule has 0 spiro atoms. The van der Waals surface area contributed by atoms with Gasteiger partial charge in [-0.2, -0.15) is 13.2 Å². The third-order valence-electron chi connectivity index (χ3n) is 6.60. The van der Waals surface area contributed by atoms with Gasteiger partial charge < -0.3 is 19.9 Å². The van der Waals surface area contributed by atoms with Crippen LogP contribution in [-0.2, 0) is 42.1 Å². The molecule has 2 heterocycles. The van der Waals surface area contributed by atoms with Crippen molar-refractivity contribution in [2.45, 2.75) is 69.1 Å². The standard InChI is InChI=1S/C27H30F3N5O4S2/c1-4-39-25(38)21-17-11-6-5-7-13-19(17)41-24(21)32-22(36)15(2)40-26-34-33-20(35(26)3)14-31-23(37)16-10-8-9-12-18(16)27(28,29)30/h8-10,12,15H,4-7,11,13-14H2,1-3H3,(H,31,37)(H,32,36). The highest BCUT2D eigenvalue weighted by Crippen LogP contribution is 2.38. The molecule has 2 aromatic heterocycles. The molecule has 0 radical (unpaired) electrons. The van der Waals surface area contributed by atoms with Crippen LogP contribution in [0.3, 0.4) is 0 Å². The van der Waals surface area contributed by atoms with Crippen molar-refractivity contribution >= 4 is 45.9 Å². The number of hydrogen-bond acceptors (Lipinski definition) is 8. The van der Waals surface area contributed by atoms with Crippen molar-refractivity contribution in [1.29, 1.82) is 0 Å². The third-order valence-corrected chi connectivity index (χ3v) is 8.94. The average molecular weight is 610 g/mol. The minimum atomic E-state index is -4.67. The van der Waals surface area contributed by atoms with Gasteiger partial charge in [0.2, 0.25) is 5.91 Å². The highest BCUT2D eigenvalue weighted by Gasteiger charge is 2.35. The van der Waals surface area contributed by atoms with Gasteiger partial charge in [0.1, 0.15) is 5.00 Å². The van der Waals surface area contributed by atoms with Crippen LogP contribution in [0.25, 0.3) is 0 Å². The van der Waals surface area contributed by atoms with Crippen LogP contribution in [0, 0.1) is 0 Å². The topological polar surface area (TPSA) is 115 Å². The van der Waals surface area contributed by atoms with Crippen molar-refractivity contribution in [2.75, 3.05) is 11.9 Å². The van der Waals surface area contributed by atoms with Gasteiger partial charge in [-0.1, -0.05) is 30.3 Å². The van der Waals surface area contributed by atoms with E-state index in [0.717, 1.165) is 66.4 Å². The molecule has 9 nitrogen and oxygen atoms in total. The van der Waals surface area contributed by atoms with Crippen LogP contribution < -0.4 is 10.6 Å². The normalized spacial score (nSPS) is 14.1. The van der Waals surface area contributed by atoms with E-state index >= 15 is 0 Å². The van der Waals surface area contributed by atoms with Crippen molar-refractivity contribution in [1.82, 2.24) is 20.1 Å². The second kappa shape index (κ2) is 13.1. The first-order valence-corrected chi connectivity index (χ1v) is 14.8. The van der Waals surface area contributed by atoms with E-state index in [0.29, 0.717) is 21.5 Å². The lowest BCUT2D eigenvalue weighted by Gasteiger charge is -2.13. The molecule has 41 heavy (non-hydrogen) atoms. The number of anilines is 1. The molecule has 4 rings (SSSR count). The maximum absolute atomic E-state index is 13.3. The van der Waals surface area contributed by atoms with Crippen LogP contribution >= 0.6 is 23.1 Å². The van der Waals surface area contributed by atoms with E-state index in [1.54, 1.807) is 25.5 Å². The summed E-state index contributed by atoms with van der Waals surface area (Å²) < 4.78 is 46.7. The number of halogens is 3. The number of esters is 1. The number of rotatable bonds is 9. The van der Waals surface area contributed by atoms with Crippen molar-refractivity contribution in [3.05, 3.63) is 57.2 Å². The zero-order valence-electron chi connectivity index (χ0n) is 22.8. The molecule has 2 amide bonds. The first-order chi connectivity index (χ1) is 19.5. The van der Waals surface area contributed by atoms with E-state index in [4.69, 9.17) is 4.74 Å². The molecule has 0 bridgehead atoms. The number of aromatic nitrogens is 3. The number of ether oxygens (including phenoxy) is 1. The van der Waals surface area contributed by atoms with Crippen molar-refractivity contribution in [2.24, 2.45) is 7.05 Å². The number of alkyl halides is 3. The fourth-order valence-corrected chi connectivity index (χ4v) is 6.57. The number of aryl methyl sites for hydroxylation is 1. The number of benzene rings is 1. The molecule has 2 N–H and O–H groups in total. The van der Waals surface area contributed by atoms with Gasteiger partial charge >= 0.3 is 12.1 Å². The monoisotopic (exact) mass is 609 g/mol. The SMILES string of the molecule is CCOC(=O)c1c(NC(=O)C(C)Sc2nnc(CNC(=O)c3ccccc3C(F)(F)F)n2C)sc2c1CCCCC2. The zero-order chi connectivity index (χ0) is 29.7. The Morgan fingerprint density at radius 1 is 1.15 bits per heavy atom. The Balaban J connectivity index is 1.42. The lowest BCUT2D eigenvalue weighted by Crippen LogP contribution is -2.27. The summed E-state index contributed by atoms with van der Waals surface area (Å²) in [4.78, 5) is 39.5. The molecule has 220 valence electrons. The van der Waals surface area contributed by atoms with Gasteiger partial charge in [0.15, 0.2) is 11.0 Å². The van der Waals surface area contributed by atoms with E-state index < -0.39 is 34.4 Å². The number of carbonyl (C=O) groups excluding carboxylic acids is 3. The largest absolute Gasteiger partial charge is 0.462 e. The van der Waals surface area contributed by atoms with Crippen molar-refractivity contribution in [3.8, 4) is 0 Å². The second-order valence-corrected chi connectivity index (χ2v) is 11.8. The Kier molecular flexibility index (Phi) is 9.74. The van der Waals surface area contributed by atoms with E-state index in [-0.39, 0.29) is 19.1 Å². The fraction of sp³-hybridized carbons (Fsp3) is 0.444. The molecule has 0 aliphatic heterocycles. The van der Waals surface area contributed by atoms with Crippen LogP contribution in [0.15, 0.2) is 29.4 Å². The summed E-state index contributed by atoms with van der Waals surface area (Å²) in [5.74, 6) is -1.38. The summed E-state index contributed by atoms with van der Waals surface area (Å²) in [5.41, 5.74) is -0.127. The van der Waals surface area contributed by atoms with E-state index in [1.807, 2.05) is 0 Å².